The summed E-state index contributed by atoms with van der Waals surface area (Å²) in [5.41, 5.74) is 3.01. The van der Waals surface area contributed by atoms with Gasteiger partial charge in [0.25, 0.3) is 0 Å². The Bertz CT molecular complexity index is 568. The molecule has 102 valence electrons. The molecule has 0 fully saturated rings. The third-order valence-corrected chi connectivity index (χ3v) is 4.23. The first kappa shape index (κ1) is 14.5. The van der Waals surface area contributed by atoms with Gasteiger partial charge in [0, 0.05) is 28.2 Å². The van der Waals surface area contributed by atoms with Crippen LogP contribution >= 0.6 is 27.3 Å². The van der Waals surface area contributed by atoms with E-state index in [0.717, 1.165) is 33.0 Å². The molecule has 1 atom stereocenters. The Morgan fingerprint density at radius 2 is 2.21 bits per heavy atom. The molecule has 5 heteroatoms. The largest absolute Gasteiger partial charge is 0.389 e. The minimum Gasteiger partial charge on any atom is -0.389 e. The van der Waals surface area contributed by atoms with Crippen molar-refractivity contribution < 1.29 is 5.11 Å². The zero-order valence-electron chi connectivity index (χ0n) is 11.2. The molecule has 1 N–H and O–H groups in total. The highest BCUT2D eigenvalue weighted by Gasteiger charge is 2.13. The number of rotatable bonds is 4. The molecular weight excluding hydrogens is 324 g/mol. The first-order valence-electron chi connectivity index (χ1n) is 6.07. The molecule has 0 spiro atoms. The van der Waals surface area contributed by atoms with Crippen molar-refractivity contribution in [2.75, 3.05) is 11.9 Å². The van der Waals surface area contributed by atoms with Gasteiger partial charge in [-0.25, -0.2) is 4.98 Å². The molecule has 0 radical (unpaired) electrons. The second kappa shape index (κ2) is 6.03. The van der Waals surface area contributed by atoms with Crippen LogP contribution in [0.3, 0.4) is 0 Å². The number of benzene rings is 1. The summed E-state index contributed by atoms with van der Waals surface area (Å²) in [4.78, 5) is 6.59. The molecule has 1 aromatic carbocycles. The Balaban J connectivity index is 2.25. The lowest BCUT2D eigenvalue weighted by Crippen LogP contribution is -2.18. The van der Waals surface area contributed by atoms with Crippen molar-refractivity contribution in [3.63, 3.8) is 0 Å². The van der Waals surface area contributed by atoms with Crippen LogP contribution in [-0.2, 0) is 6.54 Å². The van der Waals surface area contributed by atoms with Crippen LogP contribution in [0.4, 0.5) is 5.69 Å². The van der Waals surface area contributed by atoms with Crippen molar-refractivity contribution >= 4 is 33.0 Å². The number of halogens is 1. The van der Waals surface area contributed by atoms with E-state index < -0.39 is 6.10 Å². The molecule has 0 saturated heterocycles. The van der Waals surface area contributed by atoms with Crippen molar-refractivity contribution in [3.8, 4) is 0 Å². The van der Waals surface area contributed by atoms with Crippen LogP contribution in [0.15, 0.2) is 28.1 Å². The molecule has 0 bridgehead atoms. The summed E-state index contributed by atoms with van der Waals surface area (Å²) in [6.07, 6.45) is -0.493. The Kier molecular flexibility index (Phi) is 4.60. The molecule has 3 nitrogen and oxygen atoms in total. The maximum absolute atomic E-state index is 9.89. The van der Waals surface area contributed by atoms with Crippen LogP contribution in [0.2, 0.25) is 0 Å². The van der Waals surface area contributed by atoms with Crippen molar-refractivity contribution in [2.45, 2.75) is 26.5 Å². The topological polar surface area (TPSA) is 36.4 Å². The standard InChI is InChI=1S/C14H17BrN2OS/c1-9(18)13-6-11(15)4-5-14(13)17(3)7-12-8-19-10(2)16-12/h4-6,8-9,18H,7H2,1-3H3. The van der Waals surface area contributed by atoms with Crippen LogP contribution in [0.5, 0.6) is 0 Å². The second-order valence-corrected chi connectivity index (χ2v) is 6.57. The number of hydrogen-bond donors (Lipinski definition) is 1. The Labute approximate surface area is 126 Å². The first-order chi connectivity index (χ1) is 8.97. The predicted molar refractivity (Wildman–Crippen MR) is 83.7 cm³/mol. The van der Waals surface area contributed by atoms with Crippen LogP contribution in [-0.4, -0.2) is 17.1 Å². The average Bonchev–Trinajstić information content (AvgIpc) is 2.74. The lowest BCUT2D eigenvalue weighted by atomic mass is 10.1. The monoisotopic (exact) mass is 340 g/mol. The van der Waals surface area contributed by atoms with E-state index in [1.54, 1.807) is 18.3 Å². The third kappa shape index (κ3) is 3.55. The SMILES string of the molecule is Cc1nc(CN(C)c2ccc(Br)cc2C(C)O)cs1. The number of aliphatic hydroxyl groups excluding tert-OH is 1. The van der Waals surface area contributed by atoms with E-state index in [4.69, 9.17) is 0 Å². The van der Waals surface area contributed by atoms with Crippen molar-refractivity contribution in [1.29, 1.82) is 0 Å². The van der Waals surface area contributed by atoms with Gasteiger partial charge in [-0.15, -0.1) is 11.3 Å². The van der Waals surface area contributed by atoms with Crippen LogP contribution in [0.1, 0.15) is 29.3 Å². The fourth-order valence-corrected chi connectivity index (χ4v) is 3.00. The highest BCUT2D eigenvalue weighted by molar-refractivity contribution is 9.10. The number of nitrogens with zero attached hydrogens (tertiary/aromatic N) is 2. The van der Waals surface area contributed by atoms with Gasteiger partial charge >= 0.3 is 0 Å². The van der Waals surface area contributed by atoms with E-state index in [1.807, 2.05) is 32.2 Å². The molecule has 0 amide bonds. The molecule has 0 saturated carbocycles. The predicted octanol–water partition coefficient (Wildman–Crippen LogP) is 3.90. The molecule has 0 aliphatic carbocycles. The number of aromatic nitrogens is 1. The maximum atomic E-state index is 9.89. The van der Waals surface area contributed by atoms with E-state index in [1.165, 1.54) is 0 Å². The zero-order chi connectivity index (χ0) is 14.0. The van der Waals surface area contributed by atoms with Crippen LogP contribution in [0.25, 0.3) is 0 Å². The van der Waals surface area contributed by atoms with E-state index in [2.05, 4.69) is 31.2 Å². The minimum absolute atomic E-state index is 0.493. The molecule has 1 unspecified atom stereocenters. The normalized spacial score (nSPS) is 12.5. The van der Waals surface area contributed by atoms with Gasteiger partial charge in [0.1, 0.15) is 0 Å². The summed E-state index contributed by atoms with van der Waals surface area (Å²) >= 11 is 5.10. The summed E-state index contributed by atoms with van der Waals surface area (Å²) < 4.78 is 0.977. The van der Waals surface area contributed by atoms with Crippen LogP contribution < -0.4 is 4.90 Å². The maximum Gasteiger partial charge on any atom is 0.0898 e. The van der Waals surface area contributed by atoms with E-state index in [-0.39, 0.29) is 0 Å². The van der Waals surface area contributed by atoms with Crippen molar-refractivity contribution in [2.24, 2.45) is 0 Å². The molecule has 1 heterocycles. The Hall–Kier alpha value is -0.910. The molecule has 19 heavy (non-hydrogen) atoms. The summed E-state index contributed by atoms with van der Waals surface area (Å²) in [5.74, 6) is 0. The zero-order valence-corrected chi connectivity index (χ0v) is 13.6. The van der Waals surface area contributed by atoms with Crippen LogP contribution in [0, 0.1) is 6.92 Å². The van der Waals surface area contributed by atoms with Gasteiger partial charge < -0.3 is 10.0 Å². The molecule has 0 aliphatic rings. The van der Waals surface area contributed by atoms with Gasteiger partial charge in [-0.3, -0.25) is 0 Å². The lowest BCUT2D eigenvalue weighted by molar-refractivity contribution is 0.199. The summed E-state index contributed by atoms with van der Waals surface area (Å²) in [5, 5.41) is 13.0. The number of aryl methyl sites for hydroxylation is 1. The molecule has 2 rings (SSSR count). The van der Waals surface area contributed by atoms with Crippen molar-refractivity contribution in [1.82, 2.24) is 4.98 Å². The summed E-state index contributed by atoms with van der Waals surface area (Å²) in [7, 11) is 2.02. The fourth-order valence-electron chi connectivity index (χ4n) is 2.02. The van der Waals surface area contributed by atoms with Gasteiger partial charge in [0.15, 0.2) is 0 Å². The Morgan fingerprint density at radius 1 is 1.47 bits per heavy atom. The quantitative estimate of drug-likeness (QED) is 0.916. The highest BCUT2D eigenvalue weighted by Crippen LogP contribution is 2.29. The number of hydrogen-bond acceptors (Lipinski definition) is 4. The fraction of sp³-hybridized carbons (Fsp3) is 0.357. The minimum atomic E-state index is -0.493. The average molecular weight is 341 g/mol. The Morgan fingerprint density at radius 3 is 2.79 bits per heavy atom. The van der Waals surface area contributed by atoms with Gasteiger partial charge in [-0.1, -0.05) is 15.9 Å². The van der Waals surface area contributed by atoms with E-state index in [0.29, 0.717) is 0 Å². The summed E-state index contributed by atoms with van der Waals surface area (Å²) in [6.45, 7) is 4.53. The lowest BCUT2D eigenvalue weighted by Gasteiger charge is -2.23. The summed E-state index contributed by atoms with van der Waals surface area (Å²) in [6, 6.07) is 5.97. The number of thiazole rings is 1. The van der Waals surface area contributed by atoms with E-state index in [9.17, 15) is 5.11 Å². The number of anilines is 1. The molecule has 1 aromatic heterocycles. The molecule has 0 aliphatic heterocycles. The molecule has 2 aromatic rings. The van der Waals surface area contributed by atoms with Gasteiger partial charge in [-0.2, -0.15) is 0 Å². The van der Waals surface area contributed by atoms with Gasteiger partial charge in [0.2, 0.25) is 0 Å². The number of aliphatic hydroxyl groups is 1. The highest BCUT2D eigenvalue weighted by atomic mass is 79.9. The second-order valence-electron chi connectivity index (χ2n) is 4.59. The first-order valence-corrected chi connectivity index (χ1v) is 7.74. The van der Waals surface area contributed by atoms with E-state index >= 15 is 0 Å². The molecular formula is C14H17BrN2OS. The van der Waals surface area contributed by atoms with Gasteiger partial charge in [0.05, 0.1) is 23.4 Å². The van der Waals surface area contributed by atoms with Crippen molar-refractivity contribution in [3.05, 3.63) is 44.3 Å². The third-order valence-electron chi connectivity index (χ3n) is 2.92. The van der Waals surface area contributed by atoms with Gasteiger partial charge in [-0.05, 0) is 32.0 Å². The smallest absolute Gasteiger partial charge is 0.0898 e.